The van der Waals surface area contributed by atoms with E-state index in [1.807, 2.05) is 11.6 Å². The second-order valence-electron chi connectivity index (χ2n) is 8.85. The molecule has 9 heteroatoms. The molecule has 2 fully saturated rings. The van der Waals surface area contributed by atoms with Gasteiger partial charge < -0.3 is 34.6 Å². The Labute approximate surface area is 193 Å². The fraction of sp³-hybridized carbons (Fsp3) is 0.625. The number of aliphatic hydroxyl groups excluding tert-OH is 4. The number of nitrogens with zero attached hydrogens (tertiary/aromatic N) is 2. The van der Waals surface area contributed by atoms with E-state index in [1.165, 1.54) is 5.56 Å². The van der Waals surface area contributed by atoms with Crippen LogP contribution in [0.4, 0.5) is 0 Å². The average Bonchev–Trinajstić information content (AvgIpc) is 3.15. The molecule has 4 rings (SSSR count). The van der Waals surface area contributed by atoms with Crippen LogP contribution in [0.1, 0.15) is 48.2 Å². The Balaban J connectivity index is 1.64. The fourth-order valence-electron chi connectivity index (χ4n) is 4.47. The molecule has 6 atom stereocenters. The van der Waals surface area contributed by atoms with Gasteiger partial charge in [-0.05, 0) is 37.3 Å². The molecule has 1 unspecified atom stereocenters. The first kappa shape index (κ1) is 24.1. The van der Waals surface area contributed by atoms with Crippen LogP contribution >= 0.6 is 0 Å². The van der Waals surface area contributed by atoms with E-state index < -0.39 is 37.3 Å². The van der Waals surface area contributed by atoms with E-state index in [9.17, 15) is 20.4 Å². The Morgan fingerprint density at radius 3 is 2.45 bits per heavy atom. The maximum absolute atomic E-state index is 10.4. The minimum absolute atomic E-state index is 0.0760. The van der Waals surface area contributed by atoms with Gasteiger partial charge in [0.25, 0.3) is 0 Å². The highest BCUT2D eigenvalue weighted by Crippen LogP contribution is 2.32. The van der Waals surface area contributed by atoms with Crippen molar-refractivity contribution in [1.29, 1.82) is 0 Å². The van der Waals surface area contributed by atoms with Gasteiger partial charge in [0.2, 0.25) is 12.2 Å². The smallest absolute Gasteiger partial charge is 0.239 e. The lowest BCUT2D eigenvalue weighted by atomic mass is 9.99. The third kappa shape index (κ3) is 5.08. The minimum Gasteiger partial charge on any atom is -0.443 e. The van der Waals surface area contributed by atoms with Crippen molar-refractivity contribution >= 4 is 0 Å². The number of aliphatic hydroxyl groups is 4. The standard InChI is InChI=1S/C24H34N2O7/c1-3-15-6-8-16(9-7-15)11-18-14(2)26(17-5-4-10-31-13-17)25-23(18)33-24-22(30)21(29)20(28)19(12-27)32-24/h6-9,17,19-22,24,27-30H,3-5,10-13H2,1-2H3/t17?,19-,20-,21+,22-,24+/m1/s1. The molecule has 1 aromatic heterocycles. The first-order valence-corrected chi connectivity index (χ1v) is 11.6. The van der Waals surface area contributed by atoms with Gasteiger partial charge >= 0.3 is 0 Å². The van der Waals surface area contributed by atoms with Crippen LogP contribution in [-0.4, -0.2) is 80.7 Å². The van der Waals surface area contributed by atoms with E-state index in [0.29, 0.717) is 18.9 Å². The van der Waals surface area contributed by atoms with Crippen molar-refractivity contribution in [3.63, 3.8) is 0 Å². The third-order valence-electron chi connectivity index (χ3n) is 6.61. The Kier molecular flexibility index (Phi) is 7.68. The SMILES string of the molecule is CCc1ccc(Cc2c(O[C@@H]3O[C@H](CO)[C@@H](O)[C@H](O)[C@H]3O)nn(C3CCCOC3)c2C)cc1. The van der Waals surface area contributed by atoms with Crippen molar-refractivity contribution in [2.45, 2.75) is 76.3 Å². The Hall–Kier alpha value is -2.01. The van der Waals surface area contributed by atoms with Crippen molar-refractivity contribution in [3.8, 4) is 5.88 Å². The van der Waals surface area contributed by atoms with Crippen molar-refractivity contribution in [1.82, 2.24) is 9.78 Å². The molecule has 0 saturated carbocycles. The second kappa shape index (κ2) is 10.5. The zero-order valence-electron chi connectivity index (χ0n) is 19.1. The second-order valence-corrected chi connectivity index (χ2v) is 8.85. The van der Waals surface area contributed by atoms with Gasteiger partial charge in [-0.1, -0.05) is 31.2 Å². The third-order valence-corrected chi connectivity index (χ3v) is 6.61. The lowest BCUT2D eigenvalue weighted by molar-refractivity contribution is -0.278. The largest absolute Gasteiger partial charge is 0.443 e. The highest BCUT2D eigenvalue weighted by molar-refractivity contribution is 5.37. The molecular weight excluding hydrogens is 428 g/mol. The monoisotopic (exact) mass is 462 g/mol. The van der Waals surface area contributed by atoms with Gasteiger partial charge in [-0.25, -0.2) is 0 Å². The van der Waals surface area contributed by atoms with Crippen LogP contribution in [0.15, 0.2) is 24.3 Å². The predicted octanol–water partition coefficient (Wildman–Crippen LogP) is 0.875. The van der Waals surface area contributed by atoms with Gasteiger partial charge in [0.05, 0.1) is 19.3 Å². The molecular formula is C24H34N2O7. The predicted molar refractivity (Wildman–Crippen MR) is 119 cm³/mol. The molecule has 0 amide bonds. The Bertz CT molecular complexity index is 908. The maximum atomic E-state index is 10.4. The van der Waals surface area contributed by atoms with E-state index in [0.717, 1.165) is 42.7 Å². The summed E-state index contributed by atoms with van der Waals surface area (Å²) in [5, 5.41) is 44.9. The van der Waals surface area contributed by atoms with Crippen molar-refractivity contribution in [3.05, 3.63) is 46.6 Å². The van der Waals surface area contributed by atoms with Crippen LogP contribution in [0, 0.1) is 6.92 Å². The van der Waals surface area contributed by atoms with Crippen LogP contribution in [0.25, 0.3) is 0 Å². The molecule has 0 aliphatic carbocycles. The molecule has 2 aliphatic rings. The quantitative estimate of drug-likeness (QED) is 0.478. The molecule has 9 nitrogen and oxygen atoms in total. The van der Waals surface area contributed by atoms with Crippen molar-refractivity contribution in [2.24, 2.45) is 0 Å². The molecule has 2 aromatic rings. The summed E-state index contributed by atoms with van der Waals surface area (Å²) in [5.41, 5.74) is 4.13. The molecule has 2 aliphatic heterocycles. The summed E-state index contributed by atoms with van der Waals surface area (Å²) >= 11 is 0. The molecule has 2 saturated heterocycles. The number of ether oxygens (including phenoxy) is 3. The number of rotatable bonds is 7. The number of hydrogen-bond donors (Lipinski definition) is 4. The number of hydrogen-bond acceptors (Lipinski definition) is 8. The molecule has 0 bridgehead atoms. The molecule has 3 heterocycles. The van der Waals surface area contributed by atoms with Gasteiger partial charge in [0, 0.05) is 24.3 Å². The van der Waals surface area contributed by atoms with Gasteiger partial charge in [-0.3, -0.25) is 4.68 Å². The summed E-state index contributed by atoms with van der Waals surface area (Å²) in [4.78, 5) is 0. The number of aromatic nitrogens is 2. The highest BCUT2D eigenvalue weighted by atomic mass is 16.7. The van der Waals surface area contributed by atoms with Crippen LogP contribution in [0.5, 0.6) is 5.88 Å². The zero-order valence-corrected chi connectivity index (χ0v) is 19.1. The van der Waals surface area contributed by atoms with E-state index >= 15 is 0 Å². The molecule has 1 aromatic carbocycles. The van der Waals surface area contributed by atoms with E-state index in [-0.39, 0.29) is 6.04 Å². The van der Waals surface area contributed by atoms with E-state index in [4.69, 9.17) is 19.3 Å². The summed E-state index contributed by atoms with van der Waals surface area (Å²) in [7, 11) is 0. The fourth-order valence-corrected chi connectivity index (χ4v) is 4.47. The van der Waals surface area contributed by atoms with Crippen LogP contribution in [0.3, 0.4) is 0 Å². The Morgan fingerprint density at radius 1 is 1.09 bits per heavy atom. The molecule has 182 valence electrons. The first-order chi connectivity index (χ1) is 15.9. The van der Waals surface area contributed by atoms with Crippen LogP contribution in [0.2, 0.25) is 0 Å². The highest BCUT2D eigenvalue weighted by Gasteiger charge is 2.45. The van der Waals surface area contributed by atoms with E-state index in [1.54, 1.807) is 0 Å². The molecule has 4 N–H and O–H groups in total. The zero-order chi connectivity index (χ0) is 23.5. The van der Waals surface area contributed by atoms with Gasteiger partial charge in [0.1, 0.15) is 24.4 Å². The first-order valence-electron chi connectivity index (χ1n) is 11.6. The lowest BCUT2D eigenvalue weighted by Gasteiger charge is -2.39. The van der Waals surface area contributed by atoms with Gasteiger partial charge in [-0.15, -0.1) is 5.10 Å². The van der Waals surface area contributed by atoms with Crippen molar-refractivity contribution < 1.29 is 34.6 Å². The molecule has 0 spiro atoms. The minimum atomic E-state index is -1.51. The van der Waals surface area contributed by atoms with E-state index in [2.05, 4.69) is 31.2 Å². The summed E-state index contributed by atoms with van der Waals surface area (Å²) in [6.45, 7) is 4.88. The summed E-state index contributed by atoms with van der Waals surface area (Å²) in [6.07, 6.45) is -3.38. The topological polar surface area (TPSA) is 126 Å². The van der Waals surface area contributed by atoms with Crippen LogP contribution in [-0.2, 0) is 22.3 Å². The average molecular weight is 463 g/mol. The van der Waals surface area contributed by atoms with Gasteiger partial charge in [0.15, 0.2) is 0 Å². The summed E-state index contributed by atoms with van der Waals surface area (Å²) < 4.78 is 19.1. The number of aryl methyl sites for hydroxylation is 1. The summed E-state index contributed by atoms with van der Waals surface area (Å²) in [6, 6.07) is 8.44. The molecule has 0 radical (unpaired) electrons. The normalized spacial score (nSPS) is 30.4. The maximum Gasteiger partial charge on any atom is 0.239 e. The number of benzene rings is 1. The van der Waals surface area contributed by atoms with Crippen LogP contribution < -0.4 is 4.74 Å². The lowest BCUT2D eigenvalue weighted by Crippen LogP contribution is -2.60. The van der Waals surface area contributed by atoms with Gasteiger partial charge in [-0.2, -0.15) is 0 Å². The summed E-state index contributed by atoms with van der Waals surface area (Å²) in [5.74, 6) is 0.293. The van der Waals surface area contributed by atoms with Crippen molar-refractivity contribution in [2.75, 3.05) is 19.8 Å². The molecule has 33 heavy (non-hydrogen) atoms. The Morgan fingerprint density at radius 2 is 1.82 bits per heavy atom.